The average molecular weight is 402 g/mol. The Morgan fingerprint density at radius 3 is 2.24 bits per heavy atom. The van der Waals surface area contributed by atoms with Crippen LogP contribution in [0.3, 0.4) is 0 Å². The van der Waals surface area contributed by atoms with Gasteiger partial charge in [0.2, 0.25) is 5.91 Å². The first-order valence-electron chi connectivity index (χ1n) is 9.61. The number of Topliss-reactive ketones (excluding diaryl/α,β-unsaturated/α-hetero) is 1. The quantitative estimate of drug-likeness (QED) is 0.499. The number of hydrogen-bond acceptors (Lipinski definition) is 4. The Morgan fingerprint density at radius 2 is 1.72 bits per heavy atom. The van der Waals surface area contributed by atoms with Gasteiger partial charge in [0.15, 0.2) is 5.78 Å². The second-order valence-electron chi connectivity index (χ2n) is 6.82. The lowest BCUT2D eigenvalue weighted by Crippen LogP contribution is -2.33. The van der Waals surface area contributed by atoms with Crippen LogP contribution in [0.4, 0.5) is 4.39 Å². The summed E-state index contributed by atoms with van der Waals surface area (Å²) in [6.07, 6.45) is 0. The summed E-state index contributed by atoms with van der Waals surface area (Å²) in [5, 5.41) is 0. The number of aromatic nitrogens is 1. The molecule has 1 aromatic heterocycles. The molecular formula is C22H27FN2O4. The third-order valence-corrected chi connectivity index (χ3v) is 4.90. The molecule has 1 amide bonds. The zero-order chi connectivity index (χ0) is 21.7. The maximum Gasteiger partial charge on any atom is 0.355 e. The molecule has 1 aromatic carbocycles. The maximum absolute atomic E-state index is 13.1. The summed E-state index contributed by atoms with van der Waals surface area (Å²) in [4.78, 5) is 39.0. The van der Waals surface area contributed by atoms with Gasteiger partial charge in [-0.05, 0) is 51.0 Å². The molecule has 2 aromatic rings. The number of esters is 1. The van der Waals surface area contributed by atoms with Gasteiger partial charge in [-0.15, -0.1) is 0 Å². The number of carbonyl (C=O) groups is 3. The van der Waals surface area contributed by atoms with Crippen LogP contribution >= 0.6 is 0 Å². The SMILES string of the molecule is CCOC(=O)c1c(C)c(C(=O)CN(Cc2ccc(F)cc2)C(C)=O)c(C)n1CC. The molecule has 0 saturated heterocycles. The van der Waals surface area contributed by atoms with Gasteiger partial charge in [-0.3, -0.25) is 9.59 Å². The Morgan fingerprint density at radius 1 is 1.10 bits per heavy atom. The summed E-state index contributed by atoms with van der Waals surface area (Å²) in [6, 6.07) is 5.80. The first-order chi connectivity index (χ1) is 13.7. The standard InChI is InChI=1S/C22H27FN2O4/c1-6-25-15(4)20(14(3)21(25)22(28)29-7-2)19(27)13-24(16(5)26)12-17-8-10-18(23)11-9-17/h8-11H,6-7,12-13H2,1-5H3. The van der Waals surface area contributed by atoms with Crippen molar-refractivity contribution in [3.8, 4) is 0 Å². The topological polar surface area (TPSA) is 68.6 Å². The molecule has 0 bridgehead atoms. The second-order valence-corrected chi connectivity index (χ2v) is 6.82. The van der Waals surface area contributed by atoms with Crippen molar-refractivity contribution in [2.24, 2.45) is 0 Å². The van der Waals surface area contributed by atoms with Gasteiger partial charge in [0, 0.05) is 31.3 Å². The Bertz CT molecular complexity index is 916. The predicted octanol–water partition coefficient (Wildman–Crippen LogP) is 3.67. The highest BCUT2D eigenvalue weighted by molar-refractivity contribution is 6.04. The molecule has 0 aliphatic heterocycles. The van der Waals surface area contributed by atoms with Crippen LogP contribution in [0, 0.1) is 19.7 Å². The van der Waals surface area contributed by atoms with E-state index in [9.17, 15) is 18.8 Å². The molecule has 6 nitrogen and oxygen atoms in total. The number of rotatable bonds is 8. The Hall–Kier alpha value is -2.96. The molecular weight excluding hydrogens is 375 g/mol. The first kappa shape index (κ1) is 22.3. The van der Waals surface area contributed by atoms with E-state index in [1.54, 1.807) is 37.5 Å². The van der Waals surface area contributed by atoms with Gasteiger partial charge >= 0.3 is 5.97 Å². The van der Waals surface area contributed by atoms with Crippen LogP contribution in [0.25, 0.3) is 0 Å². The number of carbonyl (C=O) groups excluding carboxylic acids is 3. The molecule has 0 atom stereocenters. The molecule has 2 rings (SSSR count). The highest BCUT2D eigenvalue weighted by Crippen LogP contribution is 2.24. The molecule has 0 spiro atoms. The zero-order valence-corrected chi connectivity index (χ0v) is 17.5. The Labute approximate surface area is 170 Å². The number of benzene rings is 1. The van der Waals surface area contributed by atoms with Crippen molar-refractivity contribution >= 4 is 17.7 Å². The van der Waals surface area contributed by atoms with Crippen LogP contribution in [0.1, 0.15) is 58.4 Å². The van der Waals surface area contributed by atoms with Crippen LogP contribution in [-0.4, -0.2) is 40.3 Å². The minimum absolute atomic E-state index is 0.135. The van der Waals surface area contributed by atoms with Crippen molar-refractivity contribution in [3.63, 3.8) is 0 Å². The average Bonchev–Trinajstić information content (AvgIpc) is 2.92. The van der Waals surface area contributed by atoms with Crippen molar-refractivity contribution in [1.29, 1.82) is 0 Å². The van der Waals surface area contributed by atoms with E-state index < -0.39 is 5.97 Å². The summed E-state index contributed by atoms with van der Waals surface area (Å²) in [7, 11) is 0. The lowest BCUT2D eigenvalue weighted by Gasteiger charge is -2.20. The van der Waals surface area contributed by atoms with Crippen molar-refractivity contribution in [3.05, 3.63) is 58.2 Å². The van der Waals surface area contributed by atoms with Gasteiger partial charge in [-0.1, -0.05) is 12.1 Å². The van der Waals surface area contributed by atoms with E-state index in [4.69, 9.17) is 4.74 Å². The highest BCUT2D eigenvalue weighted by atomic mass is 19.1. The molecule has 0 aliphatic rings. The van der Waals surface area contributed by atoms with Crippen molar-refractivity contribution in [2.45, 2.75) is 47.7 Å². The van der Waals surface area contributed by atoms with Crippen LogP contribution in [0.5, 0.6) is 0 Å². The molecule has 0 aliphatic carbocycles. The third kappa shape index (κ3) is 4.91. The number of hydrogen-bond donors (Lipinski definition) is 0. The fourth-order valence-corrected chi connectivity index (χ4v) is 3.50. The fourth-order valence-electron chi connectivity index (χ4n) is 3.50. The van der Waals surface area contributed by atoms with Gasteiger partial charge in [-0.2, -0.15) is 0 Å². The summed E-state index contributed by atoms with van der Waals surface area (Å²) in [5.74, 6) is -1.35. The lowest BCUT2D eigenvalue weighted by atomic mass is 10.0. The van der Waals surface area contributed by atoms with Gasteiger partial charge in [0.05, 0.1) is 13.2 Å². The summed E-state index contributed by atoms with van der Waals surface area (Å²) >= 11 is 0. The first-order valence-corrected chi connectivity index (χ1v) is 9.61. The minimum atomic E-state index is -0.469. The zero-order valence-electron chi connectivity index (χ0n) is 17.5. The maximum atomic E-state index is 13.1. The number of nitrogens with zero attached hydrogens (tertiary/aromatic N) is 2. The van der Waals surface area contributed by atoms with E-state index in [0.717, 1.165) is 5.56 Å². The predicted molar refractivity (Wildman–Crippen MR) is 107 cm³/mol. The largest absolute Gasteiger partial charge is 0.461 e. The van der Waals surface area contributed by atoms with Crippen molar-refractivity contribution in [2.75, 3.05) is 13.2 Å². The Balaban J connectivity index is 2.33. The number of ether oxygens (including phenoxy) is 1. The van der Waals surface area contributed by atoms with Crippen molar-refractivity contribution in [1.82, 2.24) is 9.47 Å². The molecule has 7 heteroatoms. The summed E-state index contributed by atoms with van der Waals surface area (Å²) in [5.41, 5.74) is 2.74. The monoisotopic (exact) mass is 402 g/mol. The van der Waals surface area contributed by atoms with E-state index in [1.807, 2.05) is 6.92 Å². The fraction of sp³-hybridized carbons (Fsp3) is 0.409. The molecule has 0 N–H and O–H groups in total. The van der Waals surface area contributed by atoms with Gasteiger partial charge in [0.1, 0.15) is 11.5 Å². The van der Waals surface area contributed by atoms with Crippen LogP contribution < -0.4 is 0 Å². The Kier molecular flexibility index (Phi) is 7.31. The highest BCUT2D eigenvalue weighted by Gasteiger charge is 2.27. The van der Waals surface area contributed by atoms with E-state index in [0.29, 0.717) is 29.1 Å². The van der Waals surface area contributed by atoms with Crippen LogP contribution in [-0.2, 0) is 22.6 Å². The van der Waals surface area contributed by atoms with E-state index in [2.05, 4.69) is 0 Å². The smallest absolute Gasteiger partial charge is 0.355 e. The van der Waals surface area contributed by atoms with E-state index >= 15 is 0 Å². The second kappa shape index (κ2) is 9.49. The molecule has 0 unspecified atom stereocenters. The molecule has 29 heavy (non-hydrogen) atoms. The summed E-state index contributed by atoms with van der Waals surface area (Å²) in [6.45, 7) is 9.32. The molecule has 0 saturated carbocycles. The van der Waals surface area contributed by atoms with Gasteiger partial charge in [-0.25, -0.2) is 9.18 Å². The number of halogens is 1. The molecule has 1 heterocycles. The lowest BCUT2D eigenvalue weighted by molar-refractivity contribution is -0.129. The molecule has 0 radical (unpaired) electrons. The van der Waals surface area contributed by atoms with Gasteiger partial charge < -0.3 is 14.2 Å². The third-order valence-electron chi connectivity index (χ3n) is 4.90. The van der Waals surface area contributed by atoms with Gasteiger partial charge in [0.25, 0.3) is 0 Å². The molecule has 156 valence electrons. The minimum Gasteiger partial charge on any atom is -0.461 e. The van der Waals surface area contributed by atoms with Crippen LogP contribution in [0.15, 0.2) is 24.3 Å². The van der Waals surface area contributed by atoms with E-state index in [-0.39, 0.29) is 37.2 Å². The molecule has 0 fully saturated rings. The normalized spacial score (nSPS) is 10.7. The van der Waals surface area contributed by atoms with Crippen LogP contribution in [0.2, 0.25) is 0 Å². The van der Waals surface area contributed by atoms with Crippen molar-refractivity contribution < 1.29 is 23.5 Å². The van der Waals surface area contributed by atoms with E-state index in [1.165, 1.54) is 24.0 Å². The number of amides is 1. The number of ketones is 1. The summed E-state index contributed by atoms with van der Waals surface area (Å²) < 4.78 is 20.0.